The monoisotopic (exact) mass is 465 g/mol. The predicted molar refractivity (Wildman–Crippen MR) is 137 cm³/mol. The van der Waals surface area contributed by atoms with Crippen molar-refractivity contribution in [1.82, 2.24) is 30.2 Å². The first-order valence-corrected chi connectivity index (χ1v) is 10.8. The van der Waals surface area contributed by atoms with E-state index >= 15 is 0 Å². The molecule has 0 aliphatic carbocycles. The summed E-state index contributed by atoms with van der Waals surface area (Å²) < 4.78 is 5.14. The topological polar surface area (TPSA) is 122 Å². The highest BCUT2D eigenvalue weighted by Crippen LogP contribution is 2.18. The molecule has 0 bridgehead atoms. The lowest BCUT2D eigenvalue weighted by atomic mass is 10.1. The molecule has 0 fully saturated rings. The average molecular weight is 466 g/mol. The number of methoxy groups -OCH3 is 1. The second kappa shape index (κ2) is 17.4. The summed E-state index contributed by atoms with van der Waals surface area (Å²) in [5.41, 5.74) is 7.79. The van der Waals surface area contributed by atoms with E-state index in [1.165, 1.54) is 11.7 Å². The molecule has 9 nitrogen and oxygen atoms in total. The van der Waals surface area contributed by atoms with Crippen molar-refractivity contribution in [2.45, 2.75) is 41.5 Å². The fraction of sp³-hybridized carbons (Fsp3) is 0.280. The highest BCUT2D eigenvalue weighted by molar-refractivity contribution is 5.72. The van der Waals surface area contributed by atoms with Crippen molar-refractivity contribution in [2.75, 3.05) is 7.11 Å². The summed E-state index contributed by atoms with van der Waals surface area (Å²) in [4.78, 5) is 19.0. The summed E-state index contributed by atoms with van der Waals surface area (Å²) in [7, 11) is 1.63. The Morgan fingerprint density at radius 2 is 1.62 bits per heavy atom. The quantitative estimate of drug-likeness (QED) is 0.425. The van der Waals surface area contributed by atoms with Crippen molar-refractivity contribution in [2.24, 2.45) is 5.73 Å². The summed E-state index contributed by atoms with van der Waals surface area (Å²) in [6, 6.07) is 11.3. The predicted octanol–water partition coefficient (Wildman–Crippen LogP) is 4.78. The number of nitrogens with two attached hydrogens (primary N) is 1. The lowest BCUT2D eigenvalue weighted by molar-refractivity contribution is -0.115. The van der Waals surface area contributed by atoms with E-state index in [9.17, 15) is 4.79 Å². The van der Waals surface area contributed by atoms with E-state index in [0.717, 1.165) is 28.4 Å². The van der Waals surface area contributed by atoms with E-state index in [4.69, 9.17) is 4.74 Å². The maximum Gasteiger partial charge on any atom is 0.223 e. The van der Waals surface area contributed by atoms with Crippen LogP contribution in [-0.2, 0) is 9.53 Å². The summed E-state index contributed by atoms with van der Waals surface area (Å²) in [5, 5.41) is 12.1. The van der Waals surface area contributed by atoms with E-state index in [-0.39, 0.29) is 5.91 Å². The zero-order valence-electron chi connectivity index (χ0n) is 21.1. The summed E-state index contributed by atoms with van der Waals surface area (Å²) in [5.74, 6) is 0.968. The number of hydrogen-bond acceptors (Lipinski definition) is 7. The number of carbonyl (C=O) groups excluding carboxylic acids is 1. The number of aromatic nitrogens is 6. The van der Waals surface area contributed by atoms with Crippen LogP contribution in [-0.4, -0.2) is 43.2 Å². The summed E-state index contributed by atoms with van der Waals surface area (Å²) in [6.07, 6.45) is 7.24. The van der Waals surface area contributed by atoms with Crippen LogP contribution in [0.2, 0.25) is 0 Å². The number of rotatable bonds is 5. The minimum atomic E-state index is -0.333. The zero-order chi connectivity index (χ0) is 25.9. The first-order chi connectivity index (χ1) is 16.3. The zero-order valence-corrected chi connectivity index (χ0v) is 21.1. The molecule has 0 atom stereocenters. The van der Waals surface area contributed by atoms with Gasteiger partial charge in [0.1, 0.15) is 11.5 Å². The number of nitrogens with zero attached hydrogens (tertiary/aromatic N) is 6. The van der Waals surface area contributed by atoms with E-state index in [2.05, 4.69) is 37.7 Å². The number of primary amides is 1. The number of hydrogen-bond donors (Lipinski definition) is 1. The molecule has 0 aromatic carbocycles. The minimum Gasteiger partial charge on any atom is -0.496 e. The van der Waals surface area contributed by atoms with Gasteiger partial charge < -0.3 is 10.5 Å². The molecule has 3 rings (SSSR count). The van der Waals surface area contributed by atoms with Crippen LogP contribution in [0.4, 0.5) is 0 Å². The van der Waals surface area contributed by atoms with Crippen LogP contribution >= 0.6 is 0 Å². The van der Waals surface area contributed by atoms with Gasteiger partial charge in [0.25, 0.3) is 0 Å². The molecule has 1 amide bonds. The Morgan fingerprint density at radius 1 is 1.03 bits per heavy atom. The Labute approximate surface area is 202 Å². The molecule has 34 heavy (non-hydrogen) atoms. The van der Waals surface area contributed by atoms with E-state index in [1.54, 1.807) is 19.5 Å². The molecule has 0 saturated heterocycles. The molecule has 0 aliphatic heterocycles. The van der Waals surface area contributed by atoms with Crippen LogP contribution in [0.1, 0.15) is 47.2 Å². The van der Waals surface area contributed by atoms with Crippen molar-refractivity contribution < 1.29 is 9.53 Å². The molecule has 0 radical (unpaired) electrons. The third-order valence-electron chi connectivity index (χ3n) is 3.79. The normalized spacial score (nSPS) is 10.3. The maximum atomic E-state index is 9.22. The number of amides is 1. The molecule has 0 spiro atoms. The molecule has 3 aromatic rings. The van der Waals surface area contributed by atoms with Crippen molar-refractivity contribution in [1.29, 1.82) is 0 Å². The molecule has 0 unspecified atom stereocenters. The molecule has 9 heteroatoms. The van der Waals surface area contributed by atoms with Crippen LogP contribution in [0.15, 0.2) is 73.3 Å². The van der Waals surface area contributed by atoms with E-state index < -0.39 is 0 Å². The van der Waals surface area contributed by atoms with Gasteiger partial charge in [-0.25, -0.2) is 0 Å². The molecule has 3 aromatic heterocycles. The second-order valence-electron chi connectivity index (χ2n) is 6.21. The van der Waals surface area contributed by atoms with Crippen molar-refractivity contribution in [3.8, 4) is 11.5 Å². The Balaban J connectivity index is 0.000000525. The first kappa shape index (κ1) is 29.9. The third kappa shape index (κ3) is 10.9. The van der Waals surface area contributed by atoms with Gasteiger partial charge in [0, 0.05) is 24.9 Å². The first-order valence-electron chi connectivity index (χ1n) is 10.8. The molecule has 0 aliphatic rings. The second-order valence-corrected chi connectivity index (χ2v) is 6.21. The fourth-order valence-electron chi connectivity index (χ4n) is 2.16. The van der Waals surface area contributed by atoms with Crippen LogP contribution in [0.3, 0.4) is 0 Å². The third-order valence-corrected chi connectivity index (χ3v) is 3.79. The van der Waals surface area contributed by atoms with Crippen LogP contribution in [0.25, 0.3) is 22.8 Å². The summed E-state index contributed by atoms with van der Waals surface area (Å²) >= 11 is 0. The minimum absolute atomic E-state index is 0.333. The fourth-order valence-corrected chi connectivity index (χ4v) is 2.16. The summed E-state index contributed by atoms with van der Waals surface area (Å²) in [6.45, 7) is 15.0. The van der Waals surface area contributed by atoms with Crippen molar-refractivity contribution in [3.63, 3.8) is 0 Å². The lowest BCUT2D eigenvalue weighted by Crippen LogP contribution is -2.01. The van der Waals surface area contributed by atoms with E-state index in [0.29, 0.717) is 5.82 Å². The Kier molecular flexibility index (Phi) is 15.3. The number of pyridine rings is 2. The average Bonchev–Trinajstić information content (AvgIpc) is 3.37. The number of tetrazole rings is 1. The van der Waals surface area contributed by atoms with Gasteiger partial charge in [-0.3, -0.25) is 14.8 Å². The standard InChI is InChI=1S/C11H13NO.C10H11N5.C2H5NO.C2H6/c1-4-11(13-3)9(2)10-7-5-6-8-12-10;1-3-8(2)15-13-10(12-14-15)9-6-4-5-7-11-9;1-2(3)4;1-2/h4-8H,2H2,1,3H3;3-7H,1-2H3;1H3,(H2,3,4);1-2H3/b11-4+;8-3+;;. The molecular weight excluding hydrogens is 430 g/mol. The van der Waals surface area contributed by atoms with E-state index in [1.807, 2.05) is 83.2 Å². The van der Waals surface area contributed by atoms with Crippen molar-refractivity contribution >= 4 is 17.2 Å². The van der Waals surface area contributed by atoms with Gasteiger partial charge in [0.05, 0.1) is 18.5 Å². The maximum absolute atomic E-state index is 9.22. The number of carbonyl (C=O) groups is 1. The molecule has 2 N–H and O–H groups in total. The highest BCUT2D eigenvalue weighted by Gasteiger charge is 2.06. The Bertz CT molecular complexity index is 1040. The smallest absolute Gasteiger partial charge is 0.223 e. The SMILES string of the molecule is C/C=C(\C)n1nnc(-c2ccccn2)n1.C=C(/C(=C\C)OC)c1ccccn1.CC.CC(N)=O. The highest BCUT2D eigenvalue weighted by atomic mass is 16.5. The van der Waals surface area contributed by atoms with Crippen LogP contribution in [0, 0.1) is 0 Å². The number of allylic oxidation sites excluding steroid dienone is 4. The van der Waals surface area contributed by atoms with Gasteiger partial charge in [-0.15, -0.1) is 15.0 Å². The van der Waals surface area contributed by atoms with Crippen molar-refractivity contribution in [3.05, 3.63) is 79.0 Å². The molecule has 182 valence electrons. The largest absolute Gasteiger partial charge is 0.496 e. The van der Waals surface area contributed by atoms with Gasteiger partial charge in [-0.05, 0) is 56.3 Å². The van der Waals surface area contributed by atoms with Gasteiger partial charge in [0.2, 0.25) is 11.7 Å². The Morgan fingerprint density at radius 3 is 2.06 bits per heavy atom. The van der Waals surface area contributed by atoms with Gasteiger partial charge in [0.15, 0.2) is 0 Å². The van der Waals surface area contributed by atoms with Gasteiger partial charge >= 0.3 is 0 Å². The molecule has 0 saturated carbocycles. The lowest BCUT2D eigenvalue weighted by Gasteiger charge is -2.07. The van der Waals surface area contributed by atoms with Gasteiger partial charge in [-0.1, -0.05) is 38.6 Å². The van der Waals surface area contributed by atoms with Crippen LogP contribution < -0.4 is 5.73 Å². The van der Waals surface area contributed by atoms with Crippen LogP contribution in [0.5, 0.6) is 0 Å². The molecular formula is C25H35N7O2. The van der Waals surface area contributed by atoms with Gasteiger partial charge in [-0.2, -0.15) is 0 Å². The Hall–Kier alpha value is -4.14. The molecule has 3 heterocycles. The number of ether oxygens (including phenoxy) is 1.